The largest absolute Gasteiger partial charge is 0.352 e. The van der Waals surface area contributed by atoms with Crippen molar-refractivity contribution in [1.82, 2.24) is 19.8 Å². The van der Waals surface area contributed by atoms with E-state index < -0.39 is 0 Å². The van der Waals surface area contributed by atoms with E-state index in [1.54, 1.807) is 0 Å². The number of aryl methyl sites for hydroxylation is 1. The lowest BCUT2D eigenvalue weighted by atomic mass is 10.1. The number of carbonyl (C=O) groups is 2. The van der Waals surface area contributed by atoms with E-state index >= 15 is 0 Å². The summed E-state index contributed by atoms with van der Waals surface area (Å²) in [5.74, 6) is 1.62. The molecule has 3 rings (SSSR count). The first-order valence-electron chi connectivity index (χ1n) is 11.8. The second-order valence-corrected chi connectivity index (χ2v) is 9.56. The predicted octanol–water partition coefficient (Wildman–Crippen LogP) is 4.46. The Morgan fingerprint density at radius 1 is 0.970 bits per heavy atom. The van der Waals surface area contributed by atoms with Gasteiger partial charge in [-0.3, -0.25) is 9.59 Å². The molecule has 0 saturated carbocycles. The molecule has 2 aromatic carbocycles. The van der Waals surface area contributed by atoms with Crippen LogP contribution >= 0.6 is 0 Å². The van der Waals surface area contributed by atoms with Gasteiger partial charge in [-0.2, -0.15) is 0 Å². The Morgan fingerprint density at radius 3 is 2.24 bits per heavy atom. The highest BCUT2D eigenvalue weighted by Gasteiger charge is 2.20. The second kappa shape index (κ2) is 11.1. The van der Waals surface area contributed by atoms with Crippen LogP contribution < -0.4 is 5.32 Å². The van der Waals surface area contributed by atoms with Gasteiger partial charge in [0.05, 0.1) is 11.0 Å². The number of nitrogens with zero attached hydrogens (tertiary/aromatic N) is 3. The first-order valence-corrected chi connectivity index (χ1v) is 11.8. The molecule has 0 radical (unpaired) electrons. The Kier molecular flexibility index (Phi) is 8.26. The summed E-state index contributed by atoms with van der Waals surface area (Å²) in [5, 5.41) is 2.98. The molecule has 3 aromatic rings. The van der Waals surface area contributed by atoms with Crippen molar-refractivity contribution in [3.8, 4) is 0 Å². The summed E-state index contributed by atoms with van der Waals surface area (Å²) in [6.07, 6.45) is 0.550. The van der Waals surface area contributed by atoms with Gasteiger partial charge in [-0.15, -0.1) is 0 Å². The fraction of sp³-hybridized carbons (Fsp3) is 0.444. The van der Waals surface area contributed by atoms with Crippen molar-refractivity contribution in [2.45, 2.75) is 47.6 Å². The minimum absolute atomic E-state index is 0.102. The summed E-state index contributed by atoms with van der Waals surface area (Å²) in [5.41, 5.74) is 3.57. The van der Waals surface area contributed by atoms with Crippen molar-refractivity contribution >= 4 is 22.8 Å². The van der Waals surface area contributed by atoms with Crippen LogP contribution in [0, 0.1) is 18.8 Å². The number of hydrogen-bond donors (Lipinski definition) is 1. The lowest BCUT2D eigenvalue weighted by Gasteiger charge is -2.27. The third kappa shape index (κ3) is 6.67. The predicted molar refractivity (Wildman–Crippen MR) is 133 cm³/mol. The maximum absolute atomic E-state index is 13.3. The Morgan fingerprint density at radius 2 is 1.61 bits per heavy atom. The van der Waals surface area contributed by atoms with Gasteiger partial charge in [0.2, 0.25) is 5.91 Å². The van der Waals surface area contributed by atoms with Crippen molar-refractivity contribution in [1.29, 1.82) is 0 Å². The molecule has 0 atom stereocenters. The summed E-state index contributed by atoms with van der Waals surface area (Å²) in [6.45, 7) is 12.7. The Labute approximate surface area is 197 Å². The van der Waals surface area contributed by atoms with Gasteiger partial charge in [0.15, 0.2) is 0 Å². The smallest absolute Gasteiger partial charge is 0.251 e. The van der Waals surface area contributed by atoms with E-state index in [1.165, 1.54) is 0 Å². The van der Waals surface area contributed by atoms with Crippen LogP contribution in [0.2, 0.25) is 0 Å². The number of fused-ring (bicyclic) bond motifs is 1. The van der Waals surface area contributed by atoms with Crippen molar-refractivity contribution in [3.05, 3.63) is 65.5 Å². The highest BCUT2D eigenvalue weighted by Crippen LogP contribution is 2.17. The molecule has 2 amide bonds. The molecule has 0 spiro atoms. The molecule has 1 aromatic heterocycles. The minimum Gasteiger partial charge on any atom is -0.352 e. The van der Waals surface area contributed by atoms with Crippen LogP contribution in [-0.4, -0.2) is 45.9 Å². The van der Waals surface area contributed by atoms with Crippen molar-refractivity contribution in [2.75, 3.05) is 19.6 Å². The van der Waals surface area contributed by atoms with Gasteiger partial charge in [0, 0.05) is 31.6 Å². The molecule has 0 saturated heterocycles. The molecule has 0 unspecified atom stereocenters. The molecule has 0 fully saturated rings. The summed E-state index contributed by atoms with van der Waals surface area (Å²) < 4.78 is 2.00. The fourth-order valence-electron chi connectivity index (χ4n) is 3.98. The van der Waals surface area contributed by atoms with E-state index in [2.05, 4.69) is 33.0 Å². The lowest BCUT2D eigenvalue weighted by Crippen LogP contribution is -2.39. The molecule has 6 nitrogen and oxygen atoms in total. The number of amides is 2. The molecule has 33 heavy (non-hydrogen) atoms. The van der Waals surface area contributed by atoms with Crippen LogP contribution in [0.4, 0.5) is 0 Å². The maximum Gasteiger partial charge on any atom is 0.251 e. The van der Waals surface area contributed by atoms with E-state index in [1.807, 2.05) is 64.9 Å². The van der Waals surface area contributed by atoms with E-state index in [4.69, 9.17) is 4.98 Å². The number of benzene rings is 2. The average molecular weight is 449 g/mol. The Hall–Kier alpha value is -3.15. The number of hydrogen-bond acceptors (Lipinski definition) is 3. The SMILES string of the molecule is Cc1ccc(C(=O)NCCc2nc3ccccc3n2CC(=O)N(CC(C)C)CC(C)C)cc1. The first-order chi connectivity index (χ1) is 15.7. The van der Waals surface area contributed by atoms with Gasteiger partial charge < -0.3 is 14.8 Å². The molecule has 0 aliphatic heterocycles. The molecule has 1 heterocycles. The summed E-state index contributed by atoms with van der Waals surface area (Å²) in [6, 6.07) is 15.4. The third-order valence-electron chi connectivity index (χ3n) is 5.50. The van der Waals surface area contributed by atoms with E-state index in [0.717, 1.165) is 35.5 Å². The standard InChI is InChI=1S/C27H36N4O2/c1-19(2)16-30(17-20(3)4)26(32)18-31-24-9-7-6-8-23(24)29-25(31)14-15-28-27(33)22-12-10-21(5)11-13-22/h6-13,19-20H,14-18H2,1-5H3,(H,28,33). The van der Waals surface area contributed by atoms with Gasteiger partial charge in [-0.25, -0.2) is 4.98 Å². The van der Waals surface area contributed by atoms with Crippen LogP contribution in [0.15, 0.2) is 48.5 Å². The van der Waals surface area contributed by atoms with Gasteiger partial charge in [0.1, 0.15) is 12.4 Å². The van der Waals surface area contributed by atoms with Gasteiger partial charge >= 0.3 is 0 Å². The minimum atomic E-state index is -0.103. The van der Waals surface area contributed by atoms with Gasteiger partial charge in [0.25, 0.3) is 5.91 Å². The van der Waals surface area contributed by atoms with Crippen molar-refractivity contribution in [2.24, 2.45) is 11.8 Å². The van der Waals surface area contributed by atoms with Crippen LogP contribution in [0.1, 0.15) is 49.4 Å². The first kappa shape index (κ1) is 24.5. The maximum atomic E-state index is 13.3. The van der Waals surface area contributed by atoms with Gasteiger partial charge in [-0.1, -0.05) is 57.5 Å². The summed E-state index contributed by atoms with van der Waals surface area (Å²) in [7, 11) is 0. The van der Waals surface area contributed by atoms with Crippen LogP contribution in [-0.2, 0) is 17.8 Å². The monoisotopic (exact) mass is 448 g/mol. The van der Waals surface area contributed by atoms with Crippen molar-refractivity contribution in [3.63, 3.8) is 0 Å². The van der Waals surface area contributed by atoms with Crippen LogP contribution in [0.3, 0.4) is 0 Å². The number of nitrogens with one attached hydrogen (secondary N) is 1. The van der Waals surface area contributed by atoms with Crippen LogP contribution in [0.25, 0.3) is 11.0 Å². The van der Waals surface area contributed by atoms with E-state index in [-0.39, 0.29) is 18.4 Å². The Bertz CT molecular complexity index is 1070. The highest BCUT2D eigenvalue weighted by molar-refractivity contribution is 5.94. The molecule has 0 aliphatic rings. The lowest BCUT2D eigenvalue weighted by molar-refractivity contribution is -0.132. The second-order valence-electron chi connectivity index (χ2n) is 9.56. The topological polar surface area (TPSA) is 67.2 Å². The van der Waals surface area contributed by atoms with Gasteiger partial charge in [-0.05, 0) is 43.0 Å². The molecule has 176 valence electrons. The molecular formula is C27H36N4O2. The number of carbonyl (C=O) groups excluding carboxylic acids is 2. The highest BCUT2D eigenvalue weighted by atomic mass is 16.2. The molecule has 0 bridgehead atoms. The zero-order valence-corrected chi connectivity index (χ0v) is 20.5. The Balaban J connectivity index is 1.75. The normalized spacial score (nSPS) is 11.4. The summed E-state index contributed by atoms with van der Waals surface area (Å²) in [4.78, 5) is 32.5. The van der Waals surface area contributed by atoms with E-state index in [0.29, 0.717) is 30.4 Å². The zero-order valence-electron chi connectivity index (χ0n) is 20.5. The molecular weight excluding hydrogens is 412 g/mol. The number of para-hydroxylation sites is 2. The molecule has 1 N–H and O–H groups in total. The van der Waals surface area contributed by atoms with E-state index in [9.17, 15) is 9.59 Å². The number of imidazole rings is 1. The molecule has 0 aliphatic carbocycles. The third-order valence-corrected chi connectivity index (χ3v) is 5.50. The quantitative estimate of drug-likeness (QED) is 0.498. The van der Waals surface area contributed by atoms with Crippen LogP contribution in [0.5, 0.6) is 0 Å². The number of aromatic nitrogens is 2. The number of rotatable bonds is 10. The fourth-order valence-corrected chi connectivity index (χ4v) is 3.98. The zero-order chi connectivity index (χ0) is 24.0. The average Bonchev–Trinajstić information content (AvgIpc) is 3.10. The summed E-state index contributed by atoms with van der Waals surface area (Å²) >= 11 is 0. The van der Waals surface area contributed by atoms with Crippen molar-refractivity contribution < 1.29 is 9.59 Å². The molecule has 6 heteroatoms.